The Balaban J connectivity index is 2.04. The predicted molar refractivity (Wildman–Crippen MR) is 31.6 cm³/mol. The topological polar surface area (TPSA) is 3.24 Å². The molecule has 1 aliphatic rings. The molecule has 0 aromatic rings. The van der Waals surface area contributed by atoms with Gasteiger partial charge < -0.3 is 4.90 Å². The van der Waals surface area contributed by atoms with Gasteiger partial charge >= 0.3 is 0 Å². The Morgan fingerprint density at radius 2 is 2.11 bits per heavy atom. The molecule has 1 aliphatic heterocycles. The second-order valence-corrected chi connectivity index (χ2v) is 2.71. The lowest BCUT2D eigenvalue weighted by Crippen LogP contribution is -2.44. The Kier molecular flexibility index (Phi) is 2.01. The zero-order valence-electron chi connectivity index (χ0n) is 5.48. The minimum Gasteiger partial charge on any atom is -0.306 e. The monoisotopic (exact) mass is 135 g/mol. The van der Waals surface area contributed by atoms with Crippen molar-refractivity contribution in [2.45, 2.75) is 12.8 Å². The van der Waals surface area contributed by atoms with Crippen LogP contribution in [0.3, 0.4) is 0 Å². The summed E-state index contributed by atoms with van der Waals surface area (Å²) in [6.45, 7) is 1.70. The first-order chi connectivity index (χ1) is 4.18. The van der Waals surface area contributed by atoms with E-state index < -0.39 is 6.43 Å². The van der Waals surface area contributed by atoms with Crippen LogP contribution in [0, 0.1) is 5.92 Å². The molecule has 0 atom stereocenters. The number of hydrogen-bond donors (Lipinski definition) is 0. The summed E-state index contributed by atoms with van der Waals surface area (Å²) in [4.78, 5) is 2.05. The summed E-state index contributed by atoms with van der Waals surface area (Å²) >= 11 is 0. The van der Waals surface area contributed by atoms with Gasteiger partial charge in [0.25, 0.3) is 0 Å². The second-order valence-electron chi connectivity index (χ2n) is 2.71. The number of rotatable bonds is 2. The Morgan fingerprint density at radius 3 is 2.44 bits per heavy atom. The summed E-state index contributed by atoms with van der Waals surface area (Å²) in [6, 6.07) is 0. The minimum absolute atomic E-state index is 0.0876. The van der Waals surface area contributed by atoms with Crippen LogP contribution in [0.2, 0.25) is 0 Å². The quantitative estimate of drug-likeness (QED) is 0.550. The molecule has 0 aromatic carbocycles. The van der Waals surface area contributed by atoms with Gasteiger partial charge in [0, 0.05) is 19.5 Å². The molecule has 0 unspecified atom stereocenters. The van der Waals surface area contributed by atoms with Crippen molar-refractivity contribution in [1.82, 2.24) is 4.90 Å². The first-order valence-corrected chi connectivity index (χ1v) is 3.15. The summed E-state index contributed by atoms with van der Waals surface area (Å²) in [5, 5.41) is 0. The maximum absolute atomic E-state index is 11.6. The average Bonchev–Trinajstić information content (AvgIpc) is 1.60. The Labute approximate surface area is 53.6 Å². The van der Waals surface area contributed by atoms with Crippen molar-refractivity contribution in [2.24, 2.45) is 5.92 Å². The van der Waals surface area contributed by atoms with E-state index in [0.717, 1.165) is 13.1 Å². The first-order valence-electron chi connectivity index (χ1n) is 3.15. The molecule has 1 rings (SSSR count). The van der Waals surface area contributed by atoms with Crippen LogP contribution in [-0.2, 0) is 0 Å². The lowest BCUT2D eigenvalue weighted by atomic mass is 9.98. The fourth-order valence-corrected chi connectivity index (χ4v) is 1.23. The Morgan fingerprint density at radius 1 is 1.56 bits per heavy atom. The largest absolute Gasteiger partial charge is 0.306 e. The molecule has 0 amide bonds. The minimum atomic E-state index is -2.11. The van der Waals surface area contributed by atoms with Gasteiger partial charge in [-0.2, -0.15) is 0 Å². The lowest BCUT2D eigenvalue weighted by Gasteiger charge is -2.35. The van der Waals surface area contributed by atoms with Gasteiger partial charge in [0.05, 0.1) is 0 Å². The van der Waals surface area contributed by atoms with Gasteiger partial charge in [-0.25, -0.2) is 8.78 Å². The van der Waals surface area contributed by atoms with E-state index in [0.29, 0.717) is 0 Å². The van der Waals surface area contributed by atoms with E-state index in [1.165, 1.54) is 0 Å². The molecular formula is C6H11F2N. The maximum atomic E-state index is 11.6. The summed E-state index contributed by atoms with van der Waals surface area (Å²) in [7, 11) is 1.95. The van der Waals surface area contributed by atoms with Crippen LogP contribution in [0.25, 0.3) is 0 Å². The zero-order valence-corrected chi connectivity index (χ0v) is 5.48. The van der Waals surface area contributed by atoms with Gasteiger partial charge in [-0.3, -0.25) is 0 Å². The third kappa shape index (κ3) is 1.90. The molecule has 0 bridgehead atoms. The van der Waals surface area contributed by atoms with Crippen LogP contribution in [0.5, 0.6) is 0 Å². The standard InChI is InChI=1S/C6H11F2N/c1-9-3-5(4-9)2-6(7)8/h5-6H,2-4H2,1H3. The third-order valence-corrected chi connectivity index (χ3v) is 1.65. The van der Waals surface area contributed by atoms with Crippen LogP contribution in [0.1, 0.15) is 6.42 Å². The smallest absolute Gasteiger partial charge is 0.239 e. The summed E-state index contributed by atoms with van der Waals surface area (Å²) < 4.78 is 23.2. The van der Waals surface area contributed by atoms with E-state index in [4.69, 9.17) is 0 Å². The van der Waals surface area contributed by atoms with E-state index >= 15 is 0 Å². The van der Waals surface area contributed by atoms with Crippen molar-refractivity contribution in [2.75, 3.05) is 20.1 Å². The van der Waals surface area contributed by atoms with Gasteiger partial charge in [-0.15, -0.1) is 0 Å². The molecule has 0 aliphatic carbocycles. The van der Waals surface area contributed by atoms with Crippen LogP contribution in [0.15, 0.2) is 0 Å². The SMILES string of the molecule is CN1CC(CC(F)F)C1. The Bertz CT molecular complexity index is 89.1. The van der Waals surface area contributed by atoms with Gasteiger partial charge in [-0.05, 0) is 13.0 Å². The van der Waals surface area contributed by atoms with Crippen molar-refractivity contribution in [3.05, 3.63) is 0 Å². The van der Waals surface area contributed by atoms with E-state index in [1.54, 1.807) is 0 Å². The van der Waals surface area contributed by atoms with Gasteiger partial charge in [-0.1, -0.05) is 0 Å². The van der Waals surface area contributed by atoms with Crippen molar-refractivity contribution in [3.8, 4) is 0 Å². The molecule has 0 radical (unpaired) electrons. The highest BCUT2D eigenvalue weighted by molar-refractivity contribution is 4.76. The van der Waals surface area contributed by atoms with E-state index in [-0.39, 0.29) is 12.3 Å². The lowest BCUT2D eigenvalue weighted by molar-refractivity contribution is 0.0508. The van der Waals surface area contributed by atoms with Gasteiger partial charge in [0.2, 0.25) is 6.43 Å². The van der Waals surface area contributed by atoms with Crippen LogP contribution in [0.4, 0.5) is 8.78 Å². The molecular weight excluding hydrogens is 124 g/mol. The number of nitrogens with zero attached hydrogens (tertiary/aromatic N) is 1. The van der Waals surface area contributed by atoms with E-state index in [2.05, 4.69) is 0 Å². The number of alkyl halides is 2. The highest BCUT2D eigenvalue weighted by atomic mass is 19.3. The molecule has 0 spiro atoms. The highest BCUT2D eigenvalue weighted by Crippen LogP contribution is 2.19. The number of halogens is 2. The molecule has 0 saturated carbocycles. The van der Waals surface area contributed by atoms with Crippen molar-refractivity contribution in [1.29, 1.82) is 0 Å². The number of likely N-dealkylation sites (tertiary alicyclic amines) is 1. The summed E-state index contributed by atoms with van der Waals surface area (Å²) in [6.07, 6.45) is -2.02. The van der Waals surface area contributed by atoms with E-state index in [9.17, 15) is 8.78 Å². The van der Waals surface area contributed by atoms with Gasteiger partial charge in [0.1, 0.15) is 0 Å². The fraction of sp³-hybridized carbons (Fsp3) is 1.00. The molecule has 0 aromatic heterocycles. The van der Waals surface area contributed by atoms with Crippen molar-refractivity contribution < 1.29 is 8.78 Å². The maximum Gasteiger partial charge on any atom is 0.239 e. The van der Waals surface area contributed by atoms with Crippen LogP contribution < -0.4 is 0 Å². The molecule has 54 valence electrons. The van der Waals surface area contributed by atoms with Crippen molar-refractivity contribution in [3.63, 3.8) is 0 Å². The van der Waals surface area contributed by atoms with Crippen LogP contribution >= 0.6 is 0 Å². The van der Waals surface area contributed by atoms with Crippen molar-refractivity contribution >= 4 is 0 Å². The van der Waals surface area contributed by atoms with Crippen LogP contribution in [-0.4, -0.2) is 31.5 Å². The molecule has 1 saturated heterocycles. The molecule has 1 heterocycles. The highest BCUT2D eigenvalue weighted by Gasteiger charge is 2.25. The molecule has 1 fully saturated rings. The summed E-state index contributed by atoms with van der Waals surface area (Å²) in [5.41, 5.74) is 0. The zero-order chi connectivity index (χ0) is 6.85. The number of hydrogen-bond acceptors (Lipinski definition) is 1. The third-order valence-electron chi connectivity index (χ3n) is 1.65. The normalized spacial score (nSPS) is 22.7. The predicted octanol–water partition coefficient (Wildman–Crippen LogP) is 1.20. The molecule has 3 heteroatoms. The average molecular weight is 135 g/mol. The molecule has 0 N–H and O–H groups in total. The summed E-state index contributed by atoms with van der Waals surface area (Å²) in [5.74, 6) is 0.259. The fourth-order valence-electron chi connectivity index (χ4n) is 1.23. The van der Waals surface area contributed by atoms with E-state index in [1.807, 2.05) is 11.9 Å². The van der Waals surface area contributed by atoms with Gasteiger partial charge in [0.15, 0.2) is 0 Å². The Hall–Kier alpha value is -0.180. The molecule has 9 heavy (non-hydrogen) atoms. The first kappa shape index (κ1) is 6.93. The molecule has 1 nitrogen and oxygen atoms in total. The second kappa shape index (κ2) is 2.60.